The van der Waals surface area contributed by atoms with Crippen LogP contribution in [-0.4, -0.2) is 74.0 Å². The maximum atomic E-state index is 13.1. The number of anilines is 1. The van der Waals surface area contributed by atoms with E-state index in [0.29, 0.717) is 26.2 Å². The van der Waals surface area contributed by atoms with Gasteiger partial charge in [-0.3, -0.25) is 14.5 Å². The number of aryl methyl sites for hydroxylation is 1. The zero-order valence-electron chi connectivity index (χ0n) is 18.9. The Morgan fingerprint density at radius 2 is 1.69 bits per heavy atom. The number of benzene rings is 2. The van der Waals surface area contributed by atoms with Crippen LogP contribution in [0.3, 0.4) is 0 Å². The number of piperazine rings is 2. The highest BCUT2D eigenvalue weighted by Gasteiger charge is 2.33. The molecule has 4 rings (SSSR count). The van der Waals surface area contributed by atoms with Crippen LogP contribution in [0.15, 0.2) is 48.5 Å². The van der Waals surface area contributed by atoms with Gasteiger partial charge < -0.3 is 19.9 Å². The van der Waals surface area contributed by atoms with Gasteiger partial charge in [0.15, 0.2) is 0 Å². The molecule has 2 heterocycles. The number of amides is 2. The maximum absolute atomic E-state index is 13.1. The molecule has 2 aromatic carbocycles. The van der Waals surface area contributed by atoms with E-state index in [0.717, 1.165) is 36.6 Å². The van der Waals surface area contributed by atoms with Gasteiger partial charge in [-0.25, -0.2) is 0 Å². The highest BCUT2D eigenvalue weighted by Crippen LogP contribution is 2.21. The van der Waals surface area contributed by atoms with Gasteiger partial charge in [0.2, 0.25) is 11.8 Å². The van der Waals surface area contributed by atoms with Gasteiger partial charge in [0, 0.05) is 51.5 Å². The highest BCUT2D eigenvalue weighted by molar-refractivity contribution is 5.89. The Morgan fingerprint density at radius 1 is 1.00 bits per heavy atom. The first-order valence-electron chi connectivity index (χ1n) is 11.3. The second-order valence-corrected chi connectivity index (χ2v) is 8.53. The van der Waals surface area contributed by atoms with Crippen LogP contribution in [0, 0.1) is 6.92 Å². The highest BCUT2D eigenvalue weighted by atomic mass is 16.5. The Hall–Kier alpha value is -3.06. The predicted octanol–water partition coefficient (Wildman–Crippen LogP) is 2.04. The molecule has 2 amide bonds. The van der Waals surface area contributed by atoms with Crippen LogP contribution < -0.4 is 15.0 Å². The molecule has 0 aliphatic carbocycles. The first-order chi connectivity index (χ1) is 15.5. The number of nitrogens with zero attached hydrogens (tertiary/aromatic N) is 3. The summed E-state index contributed by atoms with van der Waals surface area (Å²) in [7, 11) is 1.66. The summed E-state index contributed by atoms with van der Waals surface area (Å²) in [5, 5.41) is 2.93. The second kappa shape index (κ2) is 10.0. The van der Waals surface area contributed by atoms with Crippen LogP contribution in [0.4, 0.5) is 5.69 Å². The van der Waals surface area contributed by atoms with Gasteiger partial charge in [-0.05, 0) is 36.8 Å². The molecule has 32 heavy (non-hydrogen) atoms. The van der Waals surface area contributed by atoms with Crippen LogP contribution in [0.25, 0.3) is 0 Å². The monoisotopic (exact) mass is 436 g/mol. The van der Waals surface area contributed by atoms with Crippen LogP contribution >= 0.6 is 0 Å². The molecule has 2 aliphatic heterocycles. The van der Waals surface area contributed by atoms with Crippen molar-refractivity contribution in [3.05, 3.63) is 59.7 Å². The number of nitrogens with one attached hydrogen (secondary N) is 1. The zero-order chi connectivity index (χ0) is 22.5. The zero-order valence-corrected chi connectivity index (χ0v) is 18.9. The normalized spacial score (nSPS) is 19.6. The SMILES string of the molecule is COc1ccc(N2CCN(C(=O)CC3C(=O)NCCN3Cc3ccc(C)cc3)CC2)cc1. The molecule has 2 aromatic rings. The maximum Gasteiger partial charge on any atom is 0.237 e. The van der Waals surface area contributed by atoms with Crippen molar-refractivity contribution >= 4 is 17.5 Å². The van der Waals surface area contributed by atoms with E-state index in [9.17, 15) is 9.59 Å². The Kier molecular flexibility index (Phi) is 6.95. The van der Waals surface area contributed by atoms with E-state index in [4.69, 9.17) is 4.74 Å². The molecule has 2 saturated heterocycles. The summed E-state index contributed by atoms with van der Waals surface area (Å²) in [5.74, 6) is 0.840. The number of rotatable bonds is 6. The van der Waals surface area contributed by atoms with Crippen LogP contribution in [-0.2, 0) is 16.1 Å². The fourth-order valence-corrected chi connectivity index (χ4v) is 4.40. The Morgan fingerprint density at radius 3 is 2.34 bits per heavy atom. The van der Waals surface area contributed by atoms with Gasteiger partial charge in [-0.2, -0.15) is 0 Å². The smallest absolute Gasteiger partial charge is 0.237 e. The molecule has 1 N–H and O–H groups in total. The van der Waals surface area contributed by atoms with E-state index in [2.05, 4.69) is 46.3 Å². The van der Waals surface area contributed by atoms with Crippen molar-refractivity contribution in [1.82, 2.24) is 15.1 Å². The van der Waals surface area contributed by atoms with Crippen molar-refractivity contribution in [2.75, 3.05) is 51.3 Å². The van der Waals surface area contributed by atoms with Crippen LogP contribution in [0.1, 0.15) is 17.5 Å². The van der Waals surface area contributed by atoms with Crippen molar-refractivity contribution in [2.24, 2.45) is 0 Å². The molecule has 0 radical (unpaired) electrons. The minimum atomic E-state index is -0.419. The second-order valence-electron chi connectivity index (χ2n) is 8.53. The first-order valence-corrected chi connectivity index (χ1v) is 11.3. The van der Waals surface area contributed by atoms with Crippen LogP contribution in [0.2, 0.25) is 0 Å². The minimum Gasteiger partial charge on any atom is -0.497 e. The fourth-order valence-electron chi connectivity index (χ4n) is 4.40. The summed E-state index contributed by atoms with van der Waals surface area (Å²) >= 11 is 0. The first kappa shape index (κ1) is 22.1. The molecule has 1 unspecified atom stereocenters. The summed E-state index contributed by atoms with van der Waals surface area (Å²) in [4.78, 5) is 32.0. The number of carbonyl (C=O) groups is 2. The van der Waals surface area contributed by atoms with E-state index >= 15 is 0 Å². The Bertz CT molecular complexity index is 921. The summed E-state index contributed by atoms with van der Waals surface area (Å²) in [6.07, 6.45) is 0.222. The number of hydrogen-bond donors (Lipinski definition) is 1. The predicted molar refractivity (Wildman–Crippen MR) is 125 cm³/mol. The molecular formula is C25H32N4O3. The molecule has 7 nitrogen and oxygen atoms in total. The van der Waals surface area contributed by atoms with E-state index in [1.165, 1.54) is 5.56 Å². The van der Waals surface area contributed by atoms with Gasteiger partial charge in [0.25, 0.3) is 0 Å². The van der Waals surface area contributed by atoms with Crippen molar-refractivity contribution in [2.45, 2.75) is 25.9 Å². The Balaban J connectivity index is 1.34. The molecule has 1 atom stereocenters. The lowest BCUT2D eigenvalue weighted by Gasteiger charge is -2.39. The molecule has 0 spiro atoms. The third-order valence-electron chi connectivity index (χ3n) is 6.39. The largest absolute Gasteiger partial charge is 0.497 e. The van der Waals surface area contributed by atoms with Gasteiger partial charge >= 0.3 is 0 Å². The summed E-state index contributed by atoms with van der Waals surface area (Å²) in [5.41, 5.74) is 3.51. The number of carbonyl (C=O) groups excluding carboxylic acids is 2. The summed E-state index contributed by atoms with van der Waals surface area (Å²) in [6.45, 7) is 7.00. The molecule has 2 aliphatic rings. The van der Waals surface area contributed by atoms with Gasteiger partial charge in [0.1, 0.15) is 5.75 Å². The molecular weight excluding hydrogens is 404 g/mol. The average Bonchev–Trinajstić information content (AvgIpc) is 2.83. The van der Waals surface area contributed by atoms with E-state index in [1.807, 2.05) is 29.2 Å². The molecule has 0 aromatic heterocycles. The van der Waals surface area contributed by atoms with E-state index in [1.54, 1.807) is 7.11 Å². The van der Waals surface area contributed by atoms with Gasteiger partial charge in [-0.15, -0.1) is 0 Å². The fraction of sp³-hybridized carbons (Fsp3) is 0.440. The number of hydrogen-bond acceptors (Lipinski definition) is 5. The summed E-state index contributed by atoms with van der Waals surface area (Å²) in [6, 6.07) is 15.9. The lowest BCUT2D eigenvalue weighted by atomic mass is 10.1. The molecule has 7 heteroatoms. The van der Waals surface area contributed by atoms with Crippen molar-refractivity contribution in [1.29, 1.82) is 0 Å². The lowest BCUT2D eigenvalue weighted by molar-refractivity contribution is -0.139. The number of ether oxygens (including phenoxy) is 1. The topological polar surface area (TPSA) is 65.1 Å². The lowest BCUT2D eigenvalue weighted by Crippen LogP contribution is -2.57. The summed E-state index contributed by atoms with van der Waals surface area (Å²) < 4.78 is 5.23. The van der Waals surface area contributed by atoms with Crippen molar-refractivity contribution in [3.63, 3.8) is 0 Å². The molecule has 0 bridgehead atoms. The Labute approximate surface area is 189 Å². The van der Waals surface area contributed by atoms with Crippen molar-refractivity contribution in [3.8, 4) is 5.75 Å². The molecule has 170 valence electrons. The standard InChI is InChI=1S/C25H32N4O3/c1-19-3-5-20(6-4-19)18-29-12-11-26-25(31)23(29)17-24(30)28-15-13-27(14-16-28)21-7-9-22(32-2)10-8-21/h3-10,23H,11-18H2,1-2H3,(H,26,31). The molecule has 2 fully saturated rings. The third-order valence-corrected chi connectivity index (χ3v) is 6.39. The van der Waals surface area contributed by atoms with Crippen molar-refractivity contribution < 1.29 is 14.3 Å². The minimum absolute atomic E-state index is 0.0476. The number of methoxy groups -OCH3 is 1. The van der Waals surface area contributed by atoms with E-state index in [-0.39, 0.29) is 18.2 Å². The van der Waals surface area contributed by atoms with Gasteiger partial charge in [0.05, 0.1) is 19.6 Å². The van der Waals surface area contributed by atoms with Crippen LogP contribution in [0.5, 0.6) is 5.75 Å². The van der Waals surface area contributed by atoms with Gasteiger partial charge in [-0.1, -0.05) is 29.8 Å². The average molecular weight is 437 g/mol. The third kappa shape index (κ3) is 5.22. The molecule has 0 saturated carbocycles. The quantitative estimate of drug-likeness (QED) is 0.751. The van der Waals surface area contributed by atoms with E-state index < -0.39 is 6.04 Å².